The Morgan fingerprint density at radius 3 is 2.74 bits per heavy atom. The van der Waals surface area contributed by atoms with Crippen LogP contribution in [0.15, 0.2) is 18.2 Å². The molecule has 1 aliphatic heterocycles. The summed E-state index contributed by atoms with van der Waals surface area (Å²) in [6.45, 7) is 0. The molecule has 0 aliphatic carbocycles. The van der Waals surface area contributed by atoms with Crippen molar-refractivity contribution in [2.75, 3.05) is 18.6 Å². The normalized spacial score (nSPS) is 18.5. The molecule has 1 fully saturated rings. The summed E-state index contributed by atoms with van der Waals surface area (Å²) < 4.78 is 0. The van der Waals surface area contributed by atoms with Crippen molar-refractivity contribution in [2.24, 2.45) is 5.92 Å². The molecule has 1 saturated heterocycles. The Hall–Kier alpha value is 0.110. The van der Waals surface area contributed by atoms with Gasteiger partial charge in [-0.2, -0.15) is 11.8 Å². The lowest BCUT2D eigenvalue weighted by Gasteiger charge is -2.26. The quantitative estimate of drug-likeness (QED) is 0.847. The minimum absolute atomic E-state index is 0.490. The maximum Gasteiger partial charge on any atom is 0.0624 e. The zero-order valence-corrected chi connectivity index (χ0v) is 13.6. The third-order valence-corrected chi connectivity index (χ3v) is 5.77. The first kappa shape index (κ1) is 15.5. The average Bonchev–Trinajstić information content (AvgIpc) is 2.44. The molecule has 1 unspecified atom stereocenters. The van der Waals surface area contributed by atoms with Gasteiger partial charge in [0.05, 0.1) is 10.0 Å². The Morgan fingerprint density at radius 2 is 2.05 bits per heavy atom. The second kappa shape index (κ2) is 7.78. The third kappa shape index (κ3) is 4.56. The van der Waals surface area contributed by atoms with Gasteiger partial charge in [-0.05, 0) is 61.8 Å². The Morgan fingerprint density at radius 1 is 1.32 bits per heavy atom. The molecule has 4 heteroatoms. The van der Waals surface area contributed by atoms with Gasteiger partial charge in [0.15, 0.2) is 0 Å². The minimum atomic E-state index is 0.490. The first-order valence-electron chi connectivity index (χ1n) is 6.88. The van der Waals surface area contributed by atoms with E-state index in [1.54, 1.807) is 0 Å². The second-order valence-corrected chi connectivity index (χ2v) is 7.20. The van der Waals surface area contributed by atoms with E-state index in [4.69, 9.17) is 23.2 Å². The number of likely N-dealkylation sites (N-methyl/N-ethyl adjacent to an activating group) is 1. The van der Waals surface area contributed by atoms with Gasteiger partial charge in [0, 0.05) is 6.04 Å². The number of hydrogen-bond donors (Lipinski definition) is 1. The van der Waals surface area contributed by atoms with Gasteiger partial charge in [0.25, 0.3) is 0 Å². The van der Waals surface area contributed by atoms with Crippen LogP contribution in [0.2, 0.25) is 10.0 Å². The van der Waals surface area contributed by atoms with Crippen LogP contribution in [-0.4, -0.2) is 24.6 Å². The van der Waals surface area contributed by atoms with Gasteiger partial charge in [-0.15, -0.1) is 0 Å². The SMILES string of the molecule is CNC(Cc1cccc(Cl)c1Cl)CC1CCSCC1. The van der Waals surface area contributed by atoms with E-state index < -0.39 is 0 Å². The Bertz CT molecular complexity index is 405. The van der Waals surface area contributed by atoms with Crippen molar-refractivity contribution in [3.05, 3.63) is 33.8 Å². The van der Waals surface area contributed by atoms with E-state index in [-0.39, 0.29) is 0 Å². The van der Waals surface area contributed by atoms with E-state index in [0.717, 1.165) is 17.9 Å². The molecule has 1 atom stereocenters. The van der Waals surface area contributed by atoms with E-state index in [1.165, 1.54) is 30.8 Å². The molecule has 0 saturated carbocycles. The molecule has 1 N–H and O–H groups in total. The Balaban J connectivity index is 1.96. The molecule has 1 aromatic carbocycles. The molecule has 0 radical (unpaired) electrons. The lowest BCUT2D eigenvalue weighted by molar-refractivity contribution is 0.376. The summed E-state index contributed by atoms with van der Waals surface area (Å²) in [6.07, 6.45) is 4.90. The standard InChI is InChI=1S/C15H21Cl2NS/c1-18-13(9-11-5-7-19-8-6-11)10-12-3-2-4-14(16)15(12)17/h2-4,11,13,18H,5-10H2,1H3. The molecule has 1 aromatic rings. The van der Waals surface area contributed by atoms with Gasteiger partial charge >= 0.3 is 0 Å². The minimum Gasteiger partial charge on any atom is -0.317 e. The lowest BCUT2D eigenvalue weighted by Crippen LogP contribution is -2.31. The molecule has 1 heterocycles. The summed E-state index contributed by atoms with van der Waals surface area (Å²) in [6, 6.07) is 6.40. The fourth-order valence-corrected chi connectivity index (χ4v) is 4.26. The van der Waals surface area contributed by atoms with Crippen LogP contribution in [0.4, 0.5) is 0 Å². The van der Waals surface area contributed by atoms with Crippen molar-refractivity contribution in [3.63, 3.8) is 0 Å². The van der Waals surface area contributed by atoms with Crippen molar-refractivity contribution in [2.45, 2.75) is 31.7 Å². The summed E-state index contributed by atoms with van der Waals surface area (Å²) in [4.78, 5) is 0. The molecule has 106 valence electrons. The van der Waals surface area contributed by atoms with Gasteiger partial charge in [-0.25, -0.2) is 0 Å². The highest BCUT2D eigenvalue weighted by atomic mass is 35.5. The van der Waals surface area contributed by atoms with E-state index in [0.29, 0.717) is 16.1 Å². The van der Waals surface area contributed by atoms with Crippen LogP contribution in [0, 0.1) is 5.92 Å². The number of rotatable bonds is 5. The summed E-state index contributed by atoms with van der Waals surface area (Å²) in [5.41, 5.74) is 1.15. The number of benzene rings is 1. The van der Waals surface area contributed by atoms with Crippen LogP contribution in [0.25, 0.3) is 0 Å². The number of hydrogen-bond acceptors (Lipinski definition) is 2. The van der Waals surface area contributed by atoms with Crippen LogP contribution in [0.1, 0.15) is 24.8 Å². The molecule has 2 rings (SSSR count). The first-order valence-corrected chi connectivity index (χ1v) is 8.79. The van der Waals surface area contributed by atoms with Gasteiger partial charge in [0.1, 0.15) is 0 Å². The van der Waals surface area contributed by atoms with Crippen molar-refractivity contribution in [1.82, 2.24) is 5.32 Å². The smallest absolute Gasteiger partial charge is 0.0624 e. The predicted molar refractivity (Wildman–Crippen MR) is 87.7 cm³/mol. The largest absolute Gasteiger partial charge is 0.317 e. The maximum absolute atomic E-state index is 6.27. The van der Waals surface area contributed by atoms with E-state index >= 15 is 0 Å². The van der Waals surface area contributed by atoms with Crippen LogP contribution in [0.3, 0.4) is 0 Å². The zero-order valence-electron chi connectivity index (χ0n) is 11.3. The van der Waals surface area contributed by atoms with Crippen molar-refractivity contribution in [3.8, 4) is 0 Å². The average molecular weight is 318 g/mol. The molecule has 0 aromatic heterocycles. The molecular weight excluding hydrogens is 297 g/mol. The van der Waals surface area contributed by atoms with Gasteiger partial charge in [0.2, 0.25) is 0 Å². The number of thioether (sulfide) groups is 1. The first-order chi connectivity index (χ1) is 9.20. The van der Waals surface area contributed by atoms with Crippen LogP contribution >= 0.6 is 35.0 Å². The Kier molecular flexibility index (Phi) is 6.34. The highest BCUT2D eigenvalue weighted by Crippen LogP contribution is 2.30. The number of nitrogens with one attached hydrogen (secondary N) is 1. The van der Waals surface area contributed by atoms with Crippen molar-refractivity contribution in [1.29, 1.82) is 0 Å². The van der Waals surface area contributed by atoms with Gasteiger partial charge < -0.3 is 5.32 Å². The fourth-order valence-electron chi connectivity index (χ4n) is 2.66. The summed E-state index contributed by atoms with van der Waals surface area (Å²) in [5.74, 6) is 3.49. The Labute approximate surface area is 130 Å². The topological polar surface area (TPSA) is 12.0 Å². The van der Waals surface area contributed by atoms with E-state index in [2.05, 4.69) is 23.1 Å². The maximum atomic E-state index is 6.27. The van der Waals surface area contributed by atoms with Gasteiger partial charge in [-0.3, -0.25) is 0 Å². The van der Waals surface area contributed by atoms with E-state index in [1.807, 2.05) is 19.2 Å². The van der Waals surface area contributed by atoms with Crippen LogP contribution in [0.5, 0.6) is 0 Å². The van der Waals surface area contributed by atoms with Crippen molar-refractivity contribution < 1.29 is 0 Å². The summed E-state index contributed by atoms with van der Waals surface area (Å²) in [7, 11) is 2.04. The summed E-state index contributed by atoms with van der Waals surface area (Å²) >= 11 is 14.4. The highest BCUT2D eigenvalue weighted by Gasteiger charge is 2.19. The molecule has 19 heavy (non-hydrogen) atoms. The van der Waals surface area contributed by atoms with Gasteiger partial charge in [-0.1, -0.05) is 35.3 Å². The molecule has 0 spiro atoms. The summed E-state index contributed by atoms with van der Waals surface area (Å²) in [5, 5.41) is 4.80. The lowest BCUT2D eigenvalue weighted by atomic mass is 9.91. The zero-order chi connectivity index (χ0) is 13.7. The predicted octanol–water partition coefficient (Wildman–Crippen LogP) is 4.66. The van der Waals surface area contributed by atoms with Crippen LogP contribution < -0.4 is 5.32 Å². The second-order valence-electron chi connectivity index (χ2n) is 5.19. The molecule has 1 nitrogen and oxygen atoms in total. The third-order valence-electron chi connectivity index (χ3n) is 3.86. The molecule has 1 aliphatic rings. The molecule has 0 amide bonds. The highest BCUT2D eigenvalue weighted by molar-refractivity contribution is 7.99. The van der Waals surface area contributed by atoms with E-state index in [9.17, 15) is 0 Å². The number of halogens is 2. The molecular formula is C15H21Cl2NS. The monoisotopic (exact) mass is 317 g/mol. The molecule has 0 bridgehead atoms. The fraction of sp³-hybridized carbons (Fsp3) is 0.600. The van der Waals surface area contributed by atoms with Crippen molar-refractivity contribution >= 4 is 35.0 Å². The van der Waals surface area contributed by atoms with Crippen LogP contribution in [-0.2, 0) is 6.42 Å².